The average molecular weight is 264 g/mol. The summed E-state index contributed by atoms with van der Waals surface area (Å²) in [6.07, 6.45) is 5.84. The van der Waals surface area contributed by atoms with Crippen LogP contribution >= 0.6 is 0 Å². The Bertz CT molecular complexity index is 377. The van der Waals surface area contributed by atoms with Gasteiger partial charge < -0.3 is 4.90 Å². The Labute approximate surface area is 117 Å². The fourth-order valence-corrected chi connectivity index (χ4v) is 2.36. The molecular weight excluding hydrogens is 236 g/mol. The molecule has 0 N–H and O–H groups in total. The third-order valence-corrected chi connectivity index (χ3v) is 4.11. The maximum Gasteiger partial charge on any atom is 0.226 e. The molecule has 3 heteroatoms. The topological polar surface area (TPSA) is 32.7 Å². The van der Waals surface area contributed by atoms with E-state index in [2.05, 4.69) is 25.8 Å². The van der Waals surface area contributed by atoms with Crippen molar-refractivity contribution in [2.75, 3.05) is 6.54 Å². The van der Waals surface area contributed by atoms with Gasteiger partial charge in [-0.15, -0.1) is 0 Å². The summed E-state index contributed by atoms with van der Waals surface area (Å²) in [5.41, 5.74) is 1.06. The Morgan fingerprint density at radius 2 is 2.05 bits per heavy atom. The minimum absolute atomic E-state index is 0.0125. The van der Waals surface area contributed by atoms with Gasteiger partial charge in [-0.05, 0) is 32.1 Å². The van der Waals surface area contributed by atoms with Gasteiger partial charge in [0.1, 0.15) is 0 Å². The van der Waals surface area contributed by atoms with Crippen molar-refractivity contribution in [3.8, 4) is 0 Å². The van der Waals surface area contributed by atoms with Gasteiger partial charge in [-0.3, -0.25) is 9.79 Å². The minimum Gasteiger partial charge on any atom is -0.334 e. The zero-order chi connectivity index (χ0) is 14.6. The van der Waals surface area contributed by atoms with Gasteiger partial charge in [0.25, 0.3) is 0 Å². The summed E-state index contributed by atoms with van der Waals surface area (Å²) in [6, 6.07) is 0.188. The van der Waals surface area contributed by atoms with Crippen molar-refractivity contribution in [1.82, 2.24) is 4.90 Å². The van der Waals surface area contributed by atoms with Crippen LogP contribution in [0.15, 0.2) is 17.3 Å². The molecule has 0 spiro atoms. The first-order valence-electron chi connectivity index (χ1n) is 7.25. The van der Waals surface area contributed by atoms with Crippen LogP contribution in [0.1, 0.15) is 54.4 Å². The molecule has 0 radical (unpaired) electrons. The third-order valence-electron chi connectivity index (χ3n) is 4.11. The second-order valence-corrected chi connectivity index (χ2v) is 6.53. The molecule has 1 aliphatic heterocycles. The highest BCUT2D eigenvalue weighted by atomic mass is 16.2. The molecule has 0 saturated carbocycles. The summed E-state index contributed by atoms with van der Waals surface area (Å²) in [7, 11) is 0. The van der Waals surface area contributed by atoms with E-state index in [0.717, 1.165) is 25.1 Å². The Hall–Kier alpha value is -1.12. The summed E-state index contributed by atoms with van der Waals surface area (Å²) < 4.78 is 0. The summed E-state index contributed by atoms with van der Waals surface area (Å²) in [4.78, 5) is 19.1. The molecule has 1 amide bonds. The van der Waals surface area contributed by atoms with Crippen LogP contribution in [0.4, 0.5) is 0 Å². The van der Waals surface area contributed by atoms with E-state index in [4.69, 9.17) is 0 Å². The number of amides is 1. The van der Waals surface area contributed by atoms with E-state index in [-0.39, 0.29) is 23.3 Å². The second kappa shape index (κ2) is 6.36. The van der Waals surface area contributed by atoms with Crippen molar-refractivity contribution in [3.05, 3.63) is 12.3 Å². The molecule has 1 fully saturated rings. The van der Waals surface area contributed by atoms with Crippen molar-refractivity contribution in [1.29, 1.82) is 0 Å². The summed E-state index contributed by atoms with van der Waals surface area (Å²) in [5.74, 6) is 0.313. The van der Waals surface area contributed by atoms with E-state index in [1.165, 1.54) is 0 Å². The lowest BCUT2D eigenvalue weighted by molar-refractivity contribution is -0.138. The normalized spacial score (nSPS) is 23.2. The predicted octanol–water partition coefficient (Wildman–Crippen LogP) is 3.65. The first kappa shape index (κ1) is 15.9. The highest BCUT2D eigenvalue weighted by Gasteiger charge is 2.36. The van der Waals surface area contributed by atoms with Gasteiger partial charge in [0.2, 0.25) is 5.91 Å². The van der Waals surface area contributed by atoms with E-state index in [1.54, 1.807) is 0 Å². The molecule has 1 aliphatic rings. The van der Waals surface area contributed by atoms with Gasteiger partial charge in [0.05, 0.1) is 6.04 Å². The van der Waals surface area contributed by atoms with E-state index in [0.29, 0.717) is 0 Å². The largest absolute Gasteiger partial charge is 0.334 e. The number of rotatable bonds is 3. The zero-order valence-corrected chi connectivity index (χ0v) is 13.2. The number of hydrogen-bond acceptors (Lipinski definition) is 2. The van der Waals surface area contributed by atoms with Crippen molar-refractivity contribution in [2.45, 2.75) is 60.4 Å². The summed E-state index contributed by atoms with van der Waals surface area (Å²) in [5, 5.41) is 0. The number of carbonyl (C=O) groups is 1. The van der Waals surface area contributed by atoms with Gasteiger partial charge in [-0.1, -0.05) is 33.8 Å². The van der Waals surface area contributed by atoms with Crippen LogP contribution in [-0.4, -0.2) is 29.1 Å². The molecule has 1 rings (SSSR count). The van der Waals surface area contributed by atoms with Crippen molar-refractivity contribution in [3.63, 3.8) is 0 Å². The van der Waals surface area contributed by atoms with Crippen LogP contribution in [0.3, 0.4) is 0 Å². The molecule has 108 valence electrons. The van der Waals surface area contributed by atoms with Gasteiger partial charge in [0, 0.05) is 24.4 Å². The average Bonchev–Trinajstić information content (AvgIpc) is 2.82. The van der Waals surface area contributed by atoms with E-state index in [1.807, 2.05) is 37.9 Å². The molecule has 0 aliphatic carbocycles. The lowest BCUT2D eigenvalue weighted by Crippen LogP contribution is -2.45. The van der Waals surface area contributed by atoms with Crippen LogP contribution in [0, 0.1) is 11.3 Å². The third kappa shape index (κ3) is 3.92. The highest BCUT2D eigenvalue weighted by Crippen LogP contribution is 2.30. The monoisotopic (exact) mass is 264 g/mol. The number of hydrogen-bond donors (Lipinski definition) is 0. The Morgan fingerprint density at radius 1 is 1.42 bits per heavy atom. The van der Waals surface area contributed by atoms with E-state index >= 15 is 0 Å². The Balaban J connectivity index is 2.85. The van der Waals surface area contributed by atoms with Gasteiger partial charge in [-0.2, -0.15) is 0 Å². The minimum atomic E-state index is 0.0125. The lowest BCUT2D eigenvalue weighted by Gasteiger charge is -2.33. The smallest absolute Gasteiger partial charge is 0.226 e. The molecule has 1 heterocycles. The fraction of sp³-hybridized carbons (Fsp3) is 0.750. The van der Waals surface area contributed by atoms with Crippen LogP contribution in [-0.2, 0) is 4.79 Å². The molecule has 0 aromatic carbocycles. The van der Waals surface area contributed by atoms with Crippen LogP contribution in [0.25, 0.3) is 0 Å². The SMILES string of the molecule is C/C=C\N=C(C)C1CCCN1C(=O)C(C)C(C)(C)C. The number of aliphatic imine (C=N–C) groups is 1. The number of carbonyl (C=O) groups excluding carboxylic acids is 1. The molecule has 0 aromatic heterocycles. The fourth-order valence-electron chi connectivity index (χ4n) is 2.36. The maximum atomic E-state index is 12.6. The van der Waals surface area contributed by atoms with E-state index in [9.17, 15) is 4.79 Å². The van der Waals surface area contributed by atoms with Crippen molar-refractivity contribution in [2.24, 2.45) is 16.3 Å². The standard InChI is InChI=1S/C16H28N2O/c1-7-10-17-13(3)14-9-8-11-18(14)15(19)12(2)16(4,5)6/h7,10,12,14H,8-9,11H2,1-6H3/b10-7-,17-13?. The molecule has 2 atom stereocenters. The molecule has 1 saturated heterocycles. The molecular formula is C16H28N2O. The summed E-state index contributed by atoms with van der Waals surface area (Å²) >= 11 is 0. The highest BCUT2D eigenvalue weighted by molar-refractivity contribution is 5.92. The van der Waals surface area contributed by atoms with Gasteiger partial charge >= 0.3 is 0 Å². The second-order valence-electron chi connectivity index (χ2n) is 6.53. The quantitative estimate of drug-likeness (QED) is 0.716. The van der Waals surface area contributed by atoms with Crippen LogP contribution in [0.5, 0.6) is 0 Å². The van der Waals surface area contributed by atoms with Gasteiger partial charge in [0.15, 0.2) is 0 Å². The first-order chi connectivity index (χ1) is 8.79. The predicted molar refractivity (Wildman–Crippen MR) is 81.3 cm³/mol. The lowest BCUT2D eigenvalue weighted by atomic mass is 9.81. The molecule has 3 nitrogen and oxygen atoms in total. The Kier molecular flexibility index (Phi) is 5.33. The zero-order valence-electron chi connectivity index (χ0n) is 13.2. The van der Waals surface area contributed by atoms with Crippen molar-refractivity contribution >= 4 is 11.6 Å². The molecule has 0 aromatic rings. The maximum absolute atomic E-state index is 12.6. The Morgan fingerprint density at radius 3 is 2.58 bits per heavy atom. The molecule has 2 unspecified atom stereocenters. The molecule has 0 bridgehead atoms. The summed E-state index contributed by atoms with van der Waals surface area (Å²) in [6.45, 7) is 13.3. The van der Waals surface area contributed by atoms with Crippen molar-refractivity contribution < 1.29 is 4.79 Å². The van der Waals surface area contributed by atoms with Gasteiger partial charge in [-0.25, -0.2) is 0 Å². The number of nitrogens with zero attached hydrogens (tertiary/aromatic N) is 2. The van der Waals surface area contributed by atoms with Crippen LogP contribution in [0.2, 0.25) is 0 Å². The number of likely N-dealkylation sites (tertiary alicyclic amines) is 1. The molecule has 19 heavy (non-hydrogen) atoms. The van der Waals surface area contributed by atoms with Crippen LogP contribution < -0.4 is 0 Å². The van der Waals surface area contributed by atoms with E-state index < -0.39 is 0 Å². The number of allylic oxidation sites excluding steroid dienone is 1. The first-order valence-corrected chi connectivity index (χ1v) is 7.25.